The van der Waals surface area contributed by atoms with E-state index >= 15 is 0 Å². The molecule has 19 heavy (non-hydrogen) atoms. The highest BCUT2D eigenvalue weighted by Crippen LogP contribution is 2.42. The minimum absolute atomic E-state index is 0.167. The van der Waals surface area contributed by atoms with E-state index in [4.69, 9.17) is 0 Å². The molecule has 2 aliphatic rings. The monoisotopic (exact) mass is 275 g/mol. The van der Waals surface area contributed by atoms with E-state index in [2.05, 4.69) is 11.4 Å². The van der Waals surface area contributed by atoms with E-state index in [-0.39, 0.29) is 12.5 Å². The Labute approximate surface area is 111 Å². The fourth-order valence-electron chi connectivity index (χ4n) is 2.51. The number of rotatable bonds is 7. The van der Waals surface area contributed by atoms with E-state index < -0.39 is 18.3 Å². The van der Waals surface area contributed by atoms with E-state index in [0.717, 1.165) is 25.7 Å². The minimum atomic E-state index is -4.21. The van der Waals surface area contributed by atoms with Gasteiger partial charge >= 0.3 is 6.18 Å². The molecule has 0 aliphatic heterocycles. The van der Waals surface area contributed by atoms with Crippen molar-refractivity contribution in [1.29, 1.82) is 5.26 Å². The second kappa shape index (κ2) is 5.29. The molecule has 0 aromatic carbocycles. The van der Waals surface area contributed by atoms with Crippen LogP contribution < -0.4 is 5.32 Å². The minimum Gasteiger partial charge on any atom is -0.295 e. The molecule has 0 aromatic heterocycles. The van der Waals surface area contributed by atoms with Crippen molar-refractivity contribution in [3.05, 3.63) is 0 Å². The zero-order valence-electron chi connectivity index (χ0n) is 11.1. The van der Waals surface area contributed by atoms with Crippen molar-refractivity contribution in [1.82, 2.24) is 10.2 Å². The van der Waals surface area contributed by atoms with Crippen LogP contribution in [0.1, 0.15) is 32.6 Å². The molecule has 6 heteroatoms. The van der Waals surface area contributed by atoms with Crippen molar-refractivity contribution in [3.8, 4) is 6.07 Å². The maximum atomic E-state index is 12.5. The largest absolute Gasteiger partial charge is 0.401 e. The summed E-state index contributed by atoms with van der Waals surface area (Å²) in [7, 11) is 0. The smallest absolute Gasteiger partial charge is 0.295 e. The van der Waals surface area contributed by atoms with Gasteiger partial charge in [0.1, 0.15) is 5.54 Å². The number of likely N-dealkylation sites (N-methyl/N-ethyl adjacent to an activating group) is 1. The molecule has 3 nitrogen and oxygen atoms in total. The maximum Gasteiger partial charge on any atom is 0.401 e. The van der Waals surface area contributed by atoms with E-state index in [0.29, 0.717) is 12.6 Å². The lowest BCUT2D eigenvalue weighted by molar-refractivity contribution is -0.147. The fourth-order valence-corrected chi connectivity index (χ4v) is 2.51. The number of nitriles is 1. The van der Waals surface area contributed by atoms with Gasteiger partial charge in [-0.25, -0.2) is 0 Å². The number of halogens is 3. The van der Waals surface area contributed by atoms with Crippen LogP contribution in [0.15, 0.2) is 0 Å². The Hall–Kier alpha value is -0.800. The van der Waals surface area contributed by atoms with E-state index in [1.807, 2.05) is 0 Å². The van der Waals surface area contributed by atoms with Crippen LogP contribution in [0, 0.1) is 17.2 Å². The maximum absolute atomic E-state index is 12.5. The molecule has 108 valence electrons. The van der Waals surface area contributed by atoms with Crippen LogP contribution in [0.2, 0.25) is 0 Å². The van der Waals surface area contributed by atoms with Gasteiger partial charge in [-0.05, 0) is 38.1 Å². The SMILES string of the molecule is CCN(CC(F)(F)F)CC(C#N)(NC1CC1)C1CC1. The number of nitrogens with zero attached hydrogens (tertiary/aromatic N) is 2. The summed E-state index contributed by atoms with van der Waals surface area (Å²) in [5, 5.41) is 12.8. The highest BCUT2D eigenvalue weighted by molar-refractivity contribution is 5.18. The van der Waals surface area contributed by atoms with Crippen LogP contribution in [0.5, 0.6) is 0 Å². The first-order valence-electron chi connectivity index (χ1n) is 6.86. The Morgan fingerprint density at radius 1 is 1.21 bits per heavy atom. The summed E-state index contributed by atoms with van der Waals surface area (Å²) in [6.45, 7) is 1.24. The Balaban J connectivity index is 2.03. The van der Waals surface area contributed by atoms with Gasteiger partial charge in [-0.15, -0.1) is 0 Å². The lowest BCUT2D eigenvalue weighted by Crippen LogP contribution is -2.56. The Morgan fingerprint density at radius 2 is 1.84 bits per heavy atom. The molecule has 0 heterocycles. The zero-order chi connectivity index (χ0) is 14.1. The summed E-state index contributed by atoms with van der Waals surface area (Å²) in [6.07, 6.45) is -0.267. The van der Waals surface area contributed by atoms with Gasteiger partial charge in [0.25, 0.3) is 0 Å². The second-order valence-electron chi connectivity index (χ2n) is 5.69. The third kappa shape index (κ3) is 4.08. The van der Waals surface area contributed by atoms with E-state index in [1.165, 1.54) is 4.90 Å². The average Bonchev–Trinajstić information content (AvgIpc) is 3.16. The number of alkyl halides is 3. The lowest BCUT2D eigenvalue weighted by atomic mass is 9.93. The van der Waals surface area contributed by atoms with Crippen LogP contribution in [0.3, 0.4) is 0 Å². The van der Waals surface area contributed by atoms with E-state index in [1.54, 1.807) is 6.92 Å². The molecule has 1 N–H and O–H groups in total. The predicted octanol–water partition coefficient (Wildman–Crippen LogP) is 2.29. The molecule has 0 saturated heterocycles. The van der Waals surface area contributed by atoms with E-state index in [9.17, 15) is 18.4 Å². The quantitative estimate of drug-likeness (QED) is 0.775. The summed E-state index contributed by atoms with van der Waals surface area (Å²) >= 11 is 0. The molecule has 2 rings (SSSR count). The van der Waals surface area contributed by atoms with Gasteiger partial charge in [0.05, 0.1) is 12.6 Å². The highest BCUT2D eigenvalue weighted by Gasteiger charge is 2.49. The molecule has 0 aromatic rings. The first-order valence-corrected chi connectivity index (χ1v) is 6.86. The van der Waals surface area contributed by atoms with Gasteiger partial charge in [-0.2, -0.15) is 18.4 Å². The molecule has 0 spiro atoms. The van der Waals surface area contributed by atoms with Crippen LogP contribution in [0.4, 0.5) is 13.2 Å². The summed E-state index contributed by atoms with van der Waals surface area (Å²) in [6, 6.07) is 2.60. The van der Waals surface area contributed by atoms with Gasteiger partial charge in [-0.1, -0.05) is 6.92 Å². The number of hydrogen-bond donors (Lipinski definition) is 1. The molecule has 0 amide bonds. The van der Waals surface area contributed by atoms with Crippen LogP contribution in [-0.2, 0) is 0 Å². The van der Waals surface area contributed by atoms with Crippen LogP contribution >= 0.6 is 0 Å². The fraction of sp³-hybridized carbons (Fsp3) is 0.923. The topological polar surface area (TPSA) is 39.1 Å². The zero-order valence-corrected chi connectivity index (χ0v) is 11.1. The molecular formula is C13H20F3N3. The summed E-state index contributed by atoms with van der Waals surface area (Å²) in [5.41, 5.74) is -0.789. The molecule has 2 saturated carbocycles. The Kier molecular flexibility index (Phi) is 4.07. The standard InChI is InChI=1S/C13H20F3N3/c1-2-19(9-13(14,15)16)8-12(7-17,10-3-4-10)18-11-5-6-11/h10-11,18H,2-6,8-9H2,1H3. The van der Waals surface area contributed by atoms with Gasteiger partial charge in [0, 0.05) is 12.6 Å². The van der Waals surface area contributed by atoms with Crippen molar-refractivity contribution >= 4 is 0 Å². The van der Waals surface area contributed by atoms with Crippen molar-refractivity contribution in [2.45, 2.75) is 50.4 Å². The normalized spacial score (nSPS) is 23.2. The molecule has 2 fully saturated rings. The van der Waals surface area contributed by atoms with Gasteiger partial charge in [0.15, 0.2) is 0 Å². The molecular weight excluding hydrogens is 255 g/mol. The summed E-state index contributed by atoms with van der Waals surface area (Å²) in [4.78, 5) is 1.33. The van der Waals surface area contributed by atoms with Gasteiger partial charge in [0.2, 0.25) is 0 Å². The van der Waals surface area contributed by atoms with Crippen molar-refractivity contribution < 1.29 is 13.2 Å². The van der Waals surface area contributed by atoms with Gasteiger partial charge in [-0.3, -0.25) is 10.2 Å². The molecule has 0 radical (unpaired) electrons. The predicted molar refractivity (Wildman–Crippen MR) is 65.4 cm³/mol. The molecule has 1 unspecified atom stereocenters. The van der Waals surface area contributed by atoms with Crippen molar-refractivity contribution in [2.75, 3.05) is 19.6 Å². The average molecular weight is 275 g/mol. The highest BCUT2D eigenvalue weighted by atomic mass is 19.4. The Bertz CT molecular complexity index is 355. The van der Waals surface area contributed by atoms with Crippen molar-refractivity contribution in [3.63, 3.8) is 0 Å². The summed E-state index contributed by atoms with van der Waals surface area (Å²) in [5.74, 6) is 0.209. The molecule has 0 bridgehead atoms. The molecule has 1 atom stereocenters. The lowest BCUT2D eigenvalue weighted by Gasteiger charge is -2.34. The Morgan fingerprint density at radius 3 is 2.21 bits per heavy atom. The summed E-state index contributed by atoms with van der Waals surface area (Å²) < 4.78 is 37.6. The van der Waals surface area contributed by atoms with Crippen LogP contribution in [0.25, 0.3) is 0 Å². The first-order chi connectivity index (χ1) is 8.88. The second-order valence-corrected chi connectivity index (χ2v) is 5.69. The van der Waals surface area contributed by atoms with Gasteiger partial charge < -0.3 is 0 Å². The number of nitrogens with one attached hydrogen (secondary N) is 1. The third-order valence-electron chi connectivity index (χ3n) is 3.84. The van der Waals surface area contributed by atoms with Crippen LogP contribution in [-0.4, -0.2) is 42.3 Å². The molecule has 2 aliphatic carbocycles. The first kappa shape index (κ1) is 14.6. The number of hydrogen-bond acceptors (Lipinski definition) is 3. The van der Waals surface area contributed by atoms with Crippen molar-refractivity contribution in [2.24, 2.45) is 5.92 Å². The third-order valence-corrected chi connectivity index (χ3v) is 3.84.